The average Bonchev–Trinajstić information content (AvgIpc) is 3.33. The second-order valence-electron chi connectivity index (χ2n) is 7.74. The van der Waals surface area contributed by atoms with Crippen molar-refractivity contribution in [1.82, 2.24) is 19.7 Å². The van der Waals surface area contributed by atoms with Gasteiger partial charge in [-0.3, -0.25) is 4.68 Å². The number of aryl methyl sites for hydroxylation is 1. The van der Waals surface area contributed by atoms with E-state index in [1.807, 2.05) is 31.4 Å². The number of halogens is 1. The fraction of sp³-hybridized carbons (Fsp3) is 0.227. The molecule has 1 atom stereocenters. The minimum Gasteiger partial charge on any atom is -0.396 e. The fourth-order valence-electron chi connectivity index (χ4n) is 3.92. The maximum Gasteiger partial charge on any atom is 0.225 e. The zero-order valence-corrected chi connectivity index (χ0v) is 16.6. The Bertz CT molecular complexity index is 1250. The van der Waals surface area contributed by atoms with E-state index in [0.717, 1.165) is 35.0 Å². The van der Waals surface area contributed by atoms with Crippen LogP contribution in [0.1, 0.15) is 6.42 Å². The number of hydrogen-bond acceptors (Lipinski definition) is 6. The lowest BCUT2D eigenvalue weighted by Gasteiger charge is -2.18. The summed E-state index contributed by atoms with van der Waals surface area (Å²) in [7, 11) is 1.89. The number of anilines is 2. The third-order valence-corrected chi connectivity index (χ3v) is 5.49. The number of nitrogens with zero attached hydrogens (tertiary/aromatic N) is 5. The van der Waals surface area contributed by atoms with E-state index >= 15 is 0 Å². The van der Waals surface area contributed by atoms with Gasteiger partial charge in [0.25, 0.3) is 0 Å². The highest BCUT2D eigenvalue weighted by Gasteiger charge is 2.23. The minimum absolute atomic E-state index is 0.108. The zero-order valence-electron chi connectivity index (χ0n) is 16.6. The van der Waals surface area contributed by atoms with Crippen LogP contribution >= 0.6 is 0 Å². The zero-order chi connectivity index (χ0) is 20.8. The molecule has 0 aliphatic carbocycles. The molecule has 1 aliphatic rings. The molecule has 1 aliphatic heterocycles. The molecule has 4 aromatic rings. The van der Waals surface area contributed by atoms with Crippen molar-refractivity contribution in [3.8, 4) is 22.4 Å². The Hall–Kier alpha value is -3.52. The Balaban J connectivity index is 1.67. The Kier molecular flexibility index (Phi) is 4.36. The first-order chi connectivity index (χ1) is 14.5. The van der Waals surface area contributed by atoms with Gasteiger partial charge in [-0.1, -0.05) is 12.1 Å². The molecule has 4 N–H and O–H groups in total. The number of nitrogens with two attached hydrogens (primary N) is 2. The van der Waals surface area contributed by atoms with Gasteiger partial charge in [0.05, 0.1) is 16.9 Å². The van der Waals surface area contributed by atoms with Gasteiger partial charge in [0.2, 0.25) is 5.95 Å². The highest BCUT2D eigenvalue weighted by Crippen LogP contribution is 2.34. The van der Waals surface area contributed by atoms with E-state index in [-0.39, 0.29) is 11.7 Å². The smallest absolute Gasteiger partial charge is 0.225 e. The predicted octanol–water partition coefficient (Wildman–Crippen LogP) is 2.96. The number of hydrogen-bond donors (Lipinski definition) is 2. The second-order valence-corrected chi connectivity index (χ2v) is 7.74. The fourth-order valence-corrected chi connectivity index (χ4v) is 3.92. The van der Waals surface area contributed by atoms with Gasteiger partial charge in [0, 0.05) is 55.1 Å². The van der Waals surface area contributed by atoms with E-state index in [1.54, 1.807) is 23.0 Å². The molecule has 2 aromatic heterocycles. The molecule has 1 saturated heterocycles. The minimum atomic E-state index is -0.468. The van der Waals surface area contributed by atoms with E-state index in [4.69, 9.17) is 16.5 Å². The van der Waals surface area contributed by atoms with Crippen molar-refractivity contribution in [3.05, 3.63) is 54.6 Å². The molecule has 1 unspecified atom stereocenters. The molecule has 0 bridgehead atoms. The van der Waals surface area contributed by atoms with Crippen molar-refractivity contribution in [3.63, 3.8) is 0 Å². The number of aromatic nitrogens is 4. The van der Waals surface area contributed by atoms with E-state index in [1.165, 1.54) is 6.07 Å². The van der Waals surface area contributed by atoms with Gasteiger partial charge in [-0.25, -0.2) is 14.4 Å². The van der Waals surface area contributed by atoms with Crippen molar-refractivity contribution in [2.24, 2.45) is 12.8 Å². The predicted molar refractivity (Wildman–Crippen MR) is 116 cm³/mol. The van der Waals surface area contributed by atoms with Gasteiger partial charge in [-0.2, -0.15) is 5.10 Å². The Morgan fingerprint density at radius 2 is 1.97 bits per heavy atom. The van der Waals surface area contributed by atoms with Gasteiger partial charge in [0.1, 0.15) is 5.82 Å². The molecule has 1 fully saturated rings. The van der Waals surface area contributed by atoms with Crippen molar-refractivity contribution in [2.45, 2.75) is 12.5 Å². The molecule has 30 heavy (non-hydrogen) atoms. The Morgan fingerprint density at radius 3 is 2.73 bits per heavy atom. The molecule has 8 heteroatoms. The summed E-state index contributed by atoms with van der Waals surface area (Å²) in [6, 6.07) is 10.9. The van der Waals surface area contributed by atoms with Crippen LogP contribution in [0.5, 0.6) is 0 Å². The van der Waals surface area contributed by atoms with Crippen molar-refractivity contribution < 1.29 is 4.39 Å². The highest BCUT2D eigenvalue weighted by molar-refractivity contribution is 5.88. The van der Waals surface area contributed by atoms with Gasteiger partial charge >= 0.3 is 0 Å². The van der Waals surface area contributed by atoms with E-state index in [9.17, 15) is 4.39 Å². The monoisotopic (exact) mass is 403 g/mol. The third-order valence-electron chi connectivity index (χ3n) is 5.49. The molecule has 3 heterocycles. The highest BCUT2D eigenvalue weighted by atomic mass is 19.1. The maximum absolute atomic E-state index is 14.3. The second kappa shape index (κ2) is 7.07. The molecule has 7 nitrogen and oxygen atoms in total. The van der Waals surface area contributed by atoms with Crippen LogP contribution in [-0.2, 0) is 7.05 Å². The normalized spacial score (nSPS) is 16.5. The molecule has 0 radical (unpaired) electrons. The molecule has 0 spiro atoms. The van der Waals surface area contributed by atoms with Crippen molar-refractivity contribution in [1.29, 1.82) is 0 Å². The number of rotatable bonds is 3. The summed E-state index contributed by atoms with van der Waals surface area (Å²) in [4.78, 5) is 11.5. The van der Waals surface area contributed by atoms with Crippen LogP contribution in [-0.4, -0.2) is 38.9 Å². The summed E-state index contributed by atoms with van der Waals surface area (Å²) in [6.45, 7) is 1.51. The summed E-state index contributed by atoms with van der Waals surface area (Å²) in [5, 5.41) is 5.44. The SMILES string of the molecule is Cn1cc2cc(-c3cnc(N4CCC(N)C4)nc3-c3ccc(N)c(F)c3)ccc2n1. The van der Waals surface area contributed by atoms with E-state index in [0.29, 0.717) is 23.8 Å². The topological polar surface area (TPSA) is 98.9 Å². The molecular weight excluding hydrogens is 381 g/mol. The van der Waals surface area contributed by atoms with Gasteiger partial charge < -0.3 is 16.4 Å². The van der Waals surface area contributed by atoms with Crippen LogP contribution in [0.4, 0.5) is 16.0 Å². The number of nitrogen functional groups attached to an aromatic ring is 1. The Labute approximate surface area is 173 Å². The van der Waals surface area contributed by atoms with Crippen LogP contribution in [0.2, 0.25) is 0 Å². The lowest BCUT2D eigenvalue weighted by molar-refractivity contribution is 0.633. The van der Waals surface area contributed by atoms with E-state index < -0.39 is 5.82 Å². The van der Waals surface area contributed by atoms with Crippen LogP contribution in [0.15, 0.2) is 48.8 Å². The van der Waals surface area contributed by atoms with Crippen LogP contribution in [0, 0.1) is 5.82 Å². The standard InChI is InChI=1S/C22H22FN7/c1-29-11-15-8-13(3-5-20(15)28-29)17-10-26-22(30-7-6-16(24)12-30)27-21(17)14-2-4-19(25)18(23)9-14/h2-5,8-11,16H,6-7,12,24-25H2,1H3. The molecular formula is C22H22FN7. The van der Waals surface area contributed by atoms with Crippen LogP contribution in [0.3, 0.4) is 0 Å². The molecule has 5 rings (SSSR count). The first-order valence-corrected chi connectivity index (χ1v) is 9.85. The van der Waals surface area contributed by atoms with Crippen molar-refractivity contribution in [2.75, 3.05) is 23.7 Å². The third kappa shape index (κ3) is 3.25. The van der Waals surface area contributed by atoms with E-state index in [2.05, 4.69) is 15.0 Å². The summed E-state index contributed by atoms with van der Waals surface area (Å²) in [5.41, 5.74) is 15.8. The average molecular weight is 403 g/mol. The largest absolute Gasteiger partial charge is 0.396 e. The number of benzene rings is 2. The van der Waals surface area contributed by atoms with Crippen LogP contribution < -0.4 is 16.4 Å². The molecule has 0 amide bonds. The summed E-state index contributed by atoms with van der Waals surface area (Å²) < 4.78 is 16.0. The lowest BCUT2D eigenvalue weighted by Crippen LogP contribution is -2.27. The van der Waals surface area contributed by atoms with Crippen molar-refractivity contribution >= 4 is 22.5 Å². The lowest BCUT2D eigenvalue weighted by atomic mass is 9.99. The molecule has 152 valence electrons. The maximum atomic E-state index is 14.3. The summed E-state index contributed by atoms with van der Waals surface area (Å²) in [6.07, 6.45) is 4.66. The summed E-state index contributed by atoms with van der Waals surface area (Å²) in [5.74, 6) is 0.130. The molecule has 0 saturated carbocycles. The molecule has 2 aromatic carbocycles. The van der Waals surface area contributed by atoms with Gasteiger partial charge in [-0.05, 0) is 36.2 Å². The Morgan fingerprint density at radius 1 is 1.13 bits per heavy atom. The first-order valence-electron chi connectivity index (χ1n) is 9.85. The van der Waals surface area contributed by atoms with Gasteiger partial charge in [-0.15, -0.1) is 0 Å². The van der Waals surface area contributed by atoms with Crippen LogP contribution in [0.25, 0.3) is 33.3 Å². The van der Waals surface area contributed by atoms with Gasteiger partial charge in [0.15, 0.2) is 0 Å². The summed E-state index contributed by atoms with van der Waals surface area (Å²) >= 11 is 0. The number of fused-ring (bicyclic) bond motifs is 1. The quantitative estimate of drug-likeness (QED) is 0.510. The first kappa shape index (κ1) is 18.5.